The van der Waals surface area contributed by atoms with Gasteiger partial charge in [0, 0.05) is 21.5 Å². The van der Waals surface area contributed by atoms with Gasteiger partial charge in [0.15, 0.2) is 0 Å². The summed E-state index contributed by atoms with van der Waals surface area (Å²) in [6.07, 6.45) is 0. The number of carbonyl (C=O) groups is 2. The van der Waals surface area contributed by atoms with Crippen LogP contribution in [0.15, 0.2) is 86.6 Å². The highest BCUT2D eigenvalue weighted by Crippen LogP contribution is 2.27. The Morgan fingerprint density at radius 1 is 0.895 bits per heavy atom. The van der Waals surface area contributed by atoms with Crippen molar-refractivity contribution in [3.8, 4) is 0 Å². The number of anilines is 1. The van der Waals surface area contributed by atoms with Crippen molar-refractivity contribution >= 4 is 59.4 Å². The lowest BCUT2D eigenvalue weighted by molar-refractivity contribution is -0.139. The van der Waals surface area contributed by atoms with E-state index in [1.807, 2.05) is 45.0 Å². The van der Waals surface area contributed by atoms with E-state index in [0.29, 0.717) is 10.2 Å². The van der Waals surface area contributed by atoms with Crippen LogP contribution >= 0.6 is 31.9 Å². The van der Waals surface area contributed by atoms with Crippen LogP contribution < -0.4 is 9.62 Å². The predicted molar refractivity (Wildman–Crippen MR) is 157 cm³/mol. The molecule has 3 aromatic carbocycles. The number of carbonyl (C=O) groups excluding carboxylic acids is 2. The maximum atomic E-state index is 13.9. The number of rotatable bonds is 10. The first-order chi connectivity index (χ1) is 17.9. The molecule has 0 aliphatic heterocycles. The predicted octanol–water partition coefficient (Wildman–Crippen LogP) is 5.66. The van der Waals surface area contributed by atoms with E-state index >= 15 is 0 Å². The molecular formula is C28H31Br2N3O4S. The van der Waals surface area contributed by atoms with E-state index in [-0.39, 0.29) is 23.4 Å². The number of halogens is 2. The molecule has 1 N–H and O–H groups in total. The third-order valence-corrected chi connectivity index (χ3v) is 8.66. The van der Waals surface area contributed by atoms with Gasteiger partial charge in [-0.3, -0.25) is 13.9 Å². The monoisotopic (exact) mass is 663 g/mol. The van der Waals surface area contributed by atoms with Gasteiger partial charge in [0.2, 0.25) is 11.8 Å². The summed E-state index contributed by atoms with van der Waals surface area (Å²) >= 11 is 6.81. The zero-order valence-corrected chi connectivity index (χ0v) is 25.7. The van der Waals surface area contributed by atoms with Crippen molar-refractivity contribution in [2.24, 2.45) is 0 Å². The highest BCUT2D eigenvalue weighted by molar-refractivity contribution is 9.10. The molecule has 3 rings (SSSR count). The Balaban J connectivity index is 2.03. The average Bonchev–Trinajstić information content (AvgIpc) is 2.86. The third kappa shape index (κ3) is 7.68. The molecular weight excluding hydrogens is 634 g/mol. The minimum atomic E-state index is -4.10. The second-order valence-corrected chi connectivity index (χ2v) is 13.0. The first kappa shape index (κ1) is 29.9. The van der Waals surface area contributed by atoms with Crippen molar-refractivity contribution < 1.29 is 18.0 Å². The third-order valence-electron chi connectivity index (χ3n) is 5.85. The molecule has 10 heteroatoms. The molecule has 38 heavy (non-hydrogen) atoms. The Labute approximate surface area is 241 Å². The zero-order valence-electron chi connectivity index (χ0n) is 21.7. The SMILES string of the molecule is Cc1ccc(S(=O)(=O)N(CC(=O)N(Cc2ccc(Br)cc2)[C@H](C)C(=O)NC(C)C)c2cccc(Br)c2)cc1. The highest BCUT2D eigenvalue weighted by Gasteiger charge is 2.32. The van der Waals surface area contributed by atoms with Gasteiger partial charge in [0.05, 0.1) is 10.6 Å². The first-order valence-electron chi connectivity index (χ1n) is 12.1. The van der Waals surface area contributed by atoms with Crippen LogP contribution in [-0.2, 0) is 26.2 Å². The summed E-state index contributed by atoms with van der Waals surface area (Å²) in [5.41, 5.74) is 2.05. The number of nitrogens with one attached hydrogen (secondary N) is 1. The molecule has 0 saturated carbocycles. The fourth-order valence-corrected chi connectivity index (χ4v) is 5.83. The molecule has 0 radical (unpaired) electrons. The topological polar surface area (TPSA) is 86.8 Å². The molecule has 0 fully saturated rings. The van der Waals surface area contributed by atoms with Crippen molar-refractivity contribution in [1.82, 2.24) is 10.2 Å². The molecule has 0 bridgehead atoms. The number of benzene rings is 3. The normalized spacial score (nSPS) is 12.2. The molecule has 0 aliphatic rings. The van der Waals surface area contributed by atoms with E-state index < -0.39 is 28.5 Å². The molecule has 0 aromatic heterocycles. The maximum absolute atomic E-state index is 13.9. The van der Waals surface area contributed by atoms with Gasteiger partial charge in [-0.15, -0.1) is 0 Å². The molecule has 3 aromatic rings. The number of aryl methyl sites for hydroxylation is 1. The Bertz CT molecular complexity index is 1380. The van der Waals surface area contributed by atoms with E-state index in [2.05, 4.69) is 37.2 Å². The lowest BCUT2D eigenvalue weighted by Crippen LogP contribution is -2.52. The van der Waals surface area contributed by atoms with Gasteiger partial charge in [-0.05, 0) is 75.7 Å². The minimum Gasteiger partial charge on any atom is -0.352 e. The molecule has 0 aliphatic carbocycles. The summed E-state index contributed by atoms with van der Waals surface area (Å²) in [4.78, 5) is 28.3. The van der Waals surface area contributed by atoms with E-state index in [4.69, 9.17) is 0 Å². The molecule has 0 spiro atoms. The number of amides is 2. The average molecular weight is 665 g/mol. The van der Waals surface area contributed by atoms with Crippen LogP contribution in [0.3, 0.4) is 0 Å². The van der Waals surface area contributed by atoms with Crippen molar-refractivity contribution in [3.05, 3.63) is 92.9 Å². The van der Waals surface area contributed by atoms with Gasteiger partial charge in [0.25, 0.3) is 10.0 Å². The summed E-state index contributed by atoms with van der Waals surface area (Å²) in [5.74, 6) is -0.823. The number of hydrogen-bond acceptors (Lipinski definition) is 4. The molecule has 7 nitrogen and oxygen atoms in total. The Hall–Kier alpha value is -2.69. The second-order valence-electron chi connectivity index (χ2n) is 9.29. The van der Waals surface area contributed by atoms with E-state index in [1.165, 1.54) is 17.0 Å². The smallest absolute Gasteiger partial charge is 0.264 e. The number of sulfonamides is 1. The quantitative estimate of drug-likeness (QED) is 0.303. The van der Waals surface area contributed by atoms with Crippen LogP contribution in [0.1, 0.15) is 31.9 Å². The largest absolute Gasteiger partial charge is 0.352 e. The van der Waals surface area contributed by atoms with Gasteiger partial charge in [-0.2, -0.15) is 0 Å². The van der Waals surface area contributed by atoms with Crippen LogP contribution in [0, 0.1) is 6.92 Å². The molecule has 0 saturated heterocycles. The van der Waals surface area contributed by atoms with Gasteiger partial charge in [0.1, 0.15) is 12.6 Å². The summed E-state index contributed by atoms with van der Waals surface area (Å²) in [5, 5.41) is 2.85. The lowest BCUT2D eigenvalue weighted by atomic mass is 10.1. The Morgan fingerprint density at radius 2 is 1.53 bits per heavy atom. The Morgan fingerprint density at radius 3 is 2.11 bits per heavy atom. The van der Waals surface area contributed by atoms with E-state index in [9.17, 15) is 18.0 Å². The zero-order chi connectivity index (χ0) is 28.0. The van der Waals surface area contributed by atoms with Gasteiger partial charge in [-0.1, -0.05) is 67.8 Å². The summed E-state index contributed by atoms with van der Waals surface area (Å²) in [6, 6.07) is 19.7. The summed E-state index contributed by atoms with van der Waals surface area (Å²) in [7, 11) is -4.10. The van der Waals surface area contributed by atoms with Gasteiger partial charge >= 0.3 is 0 Å². The maximum Gasteiger partial charge on any atom is 0.264 e. The van der Waals surface area contributed by atoms with Crippen LogP contribution in [0.2, 0.25) is 0 Å². The molecule has 2 amide bonds. The number of hydrogen-bond donors (Lipinski definition) is 1. The number of nitrogens with zero attached hydrogens (tertiary/aromatic N) is 2. The van der Waals surface area contributed by atoms with Gasteiger partial charge in [-0.25, -0.2) is 8.42 Å². The fourth-order valence-electron chi connectivity index (χ4n) is 3.77. The van der Waals surface area contributed by atoms with Crippen molar-refractivity contribution in [3.63, 3.8) is 0 Å². The van der Waals surface area contributed by atoms with Crippen molar-refractivity contribution in [2.75, 3.05) is 10.8 Å². The van der Waals surface area contributed by atoms with Crippen LogP contribution in [0.5, 0.6) is 0 Å². The van der Waals surface area contributed by atoms with Crippen LogP contribution in [0.25, 0.3) is 0 Å². The van der Waals surface area contributed by atoms with Crippen LogP contribution in [0.4, 0.5) is 5.69 Å². The fraction of sp³-hybridized carbons (Fsp3) is 0.286. The Kier molecular flexibility index (Phi) is 10.1. The van der Waals surface area contributed by atoms with Crippen LogP contribution in [-0.4, -0.2) is 43.8 Å². The first-order valence-corrected chi connectivity index (χ1v) is 15.1. The molecule has 0 heterocycles. The molecule has 0 unspecified atom stereocenters. The standard InChI is InChI=1S/C28H31Br2N3O4S/c1-19(2)31-28(35)21(4)32(17-22-10-12-23(29)13-11-22)27(34)18-33(25-7-5-6-24(30)16-25)38(36,37)26-14-8-20(3)9-15-26/h5-16,19,21H,17-18H2,1-4H3,(H,31,35)/t21-/m1/s1. The summed E-state index contributed by atoms with van der Waals surface area (Å²) < 4.78 is 30.3. The lowest BCUT2D eigenvalue weighted by Gasteiger charge is -2.32. The van der Waals surface area contributed by atoms with Gasteiger partial charge < -0.3 is 10.2 Å². The second kappa shape index (κ2) is 12.9. The highest BCUT2D eigenvalue weighted by atomic mass is 79.9. The molecule has 1 atom stereocenters. The van der Waals surface area contributed by atoms with E-state index in [0.717, 1.165) is 19.9 Å². The summed E-state index contributed by atoms with van der Waals surface area (Å²) in [6.45, 7) is 6.85. The molecule has 202 valence electrons. The van der Waals surface area contributed by atoms with Crippen molar-refractivity contribution in [1.29, 1.82) is 0 Å². The van der Waals surface area contributed by atoms with Crippen molar-refractivity contribution in [2.45, 2.75) is 51.2 Å². The van der Waals surface area contributed by atoms with E-state index in [1.54, 1.807) is 43.3 Å². The minimum absolute atomic E-state index is 0.0703.